The number of primary amides is 1. The number of hydrogen-bond donors (Lipinski definition) is 1. The fourth-order valence-corrected chi connectivity index (χ4v) is 5.83. The van der Waals surface area contributed by atoms with Crippen LogP contribution in [-0.2, 0) is 23.0 Å². The Morgan fingerprint density at radius 1 is 1.08 bits per heavy atom. The number of sulfonamides is 1. The molecule has 4 aromatic rings. The SMILES string of the molecule is CS(=O)(=O)N(Cc1ccc(F)c(Br)c1)c1cc2oc(Cc3ccc(F)cc3)c(C(N)=O)c2cc1C1CC1. The van der Waals surface area contributed by atoms with Crippen LogP contribution in [0.3, 0.4) is 0 Å². The van der Waals surface area contributed by atoms with E-state index >= 15 is 0 Å². The second-order valence-electron chi connectivity index (χ2n) is 9.27. The van der Waals surface area contributed by atoms with Crippen molar-refractivity contribution in [2.75, 3.05) is 10.6 Å². The van der Waals surface area contributed by atoms with Crippen molar-refractivity contribution in [1.82, 2.24) is 0 Å². The molecule has 1 saturated carbocycles. The van der Waals surface area contributed by atoms with Gasteiger partial charge in [0.1, 0.15) is 23.0 Å². The molecule has 1 heterocycles. The zero-order chi connectivity index (χ0) is 26.5. The molecule has 1 aliphatic carbocycles. The number of carbonyl (C=O) groups is 1. The number of carbonyl (C=O) groups excluding carboxylic acids is 1. The summed E-state index contributed by atoms with van der Waals surface area (Å²) in [5.41, 5.74) is 8.82. The Hall–Kier alpha value is -3.24. The van der Waals surface area contributed by atoms with E-state index in [0.717, 1.165) is 30.2 Å². The summed E-state index contributed by atoms with van der Waals surface area (Å²) in [6.45, 7) is -0.0191. The van der Waals surface area contributed by atoms with Crippen LogP contribution in [0.25, 0.3) is 11.0 Å². The van der Waals surface area contributed by atoms with Gasteiger partial charge < -0.3 is 10.2 Å². The fourth-order valence-electron chi connectivity index (χ4n) is 4.50. The summed E-state index contributed by atoms with van der Waals surface area (Å²) in [5, 5.41) is 0.508. The maximum Gasteiger partial charge on any atom is 0.252 e. The maximum absolute atomic E-state index is 13.8. The number of halogens is 3. The van der Waals surface area contributed by atoms with E-state index < -0.39 is 21.7 Å². The van der Waals surface area contributed by atoms with E-state index in [9.17, 15) is 22.0 Å². The lowest BCUT2D eigenvalue weighted by atomic mass is 10.0. The first-order valence-corrected chi connectivity index (χ1v) is 14.2. The molecule has 0 saturated heterocycles. The van der Waals surface area contributed by atoms with Gasteiger partial charge in [0.15, 0.2) is 0 Å². The van der Waals surface area contributed by atoms with E-state index in [1.807, 2.05) is 0 Å². The maximum atomic E-state index is 13.8. The Kier molecular flexibility index (Phi) is 6.57. The minimum absolute atomic E-state index is 0.0191. The largest absolute Gasteiger partial charge is 0.460 e. The average molecular weight is 589 g/mol. The molecule has 0 spiro atoms. The van der Waals surface area contributed by atoms with Crippen LogP contribution in [0.5, 0.6) is 0 Å². The molecule has 5 rings (SSSR count). The fraction of sp³-hybridized carbons (Fsp3) is 0.222. The Morgan fingerprint density at radius 2 is 1.76 bits per heavy atom. The molecule has 37 heavy (non-hydrogen) atoms. The molecule has 6 nitrogen and oxygen atoms in total. The van der Waals surface area contributed by atoms with Crippen LogP contribution in [0, 0.1) is 11.6 Å². The van der Waals surface area contributed by atoms with E-state index in [1.54, 1.807) is 30.3 Å². The van der Waals surface area contributed by atoms with Gasteiger partial charge in [0.25, 0.3) is 5.91 Å². The molecule has 0 radical (unpaired) electrons. The van der Waals surface area contributed by atoms with Gasteiger partial charge in [0.2, 0.25) is 10.0 Å². The molecular weight excluding hydrogens is 566 g/mol. The van der Waals surface area contributed by atoms with Crippen LogP contribution in [-0.4, -0.2) is 20.6 Å². The Morgan fingerprint density at radius 3 is 2.35 bits per heavy atom. The van der Waals surface area contributed by atoms with Gasteiger partial charge in [0.05, 0.1) is 28.5 Å². The smallest absolute Gasteiger partial charge is 0.252 e. The van der Waals surface area contributed by atoms with Gasteiger partial charge >= 0.3 is 0 Å². The number of nitrogens with two attached hydrogens (primary N) is 1. The van der Waals surface area contributed by atoms with Crippen molar-refractivity contribution in [2.24, 2.45) is 5.73 Å². The van der Waals surface area contributed by atoms with Crippen molar-refractivity contribution >= 4 is 48.5 Å². The van der Waals surface area contributed by atoms with Crippen molar-refractivity contribution in [3.8, 4) is 0 Å². The third kappa shape index (κ3) is 5.26. The van der Waals surface area contributed by atoms with Crippen LogP contribution < -0.4 is 10.0 Å². The van der Waals surface area contributed by atoms with Crippen molar-refractivity contribution in [3.05, 3.63) is 98.7 Å². The summed E-state index contributed by atoms with van der Waals surface area (Å²) < 4.78 is 60.7. The Balaban J connectivity index is 1.65. The zero-order valence-electron chi connectivity index (χ0n) is 19.8. The van der Waals surface area contributed by atoms with Crippen LogP contribution in [0.1, 0.15) is 51.6 Å². The minimum atomic E-state index is -3.75. The third-order valence-corrected chi connectivity index (χ3v) is 8.17. The molecule has 0 atom stereocenters. The molecule has 1 aromatic heterocycles. The highest BCUT2D eigenvalue weighted by Crippen LogP contribution is 2.47. The second kappa shape index (κ2) is 9.57. The number of benzene rings is 3. The molecule has 2 N–H and O–H groups in total. The molecule has 1 fully saturated rings. The predicted molar refractivity (Wildman–Crippen MR) is 141 cm³/mol. The number of anilines is 1. The standard InChI is InChI=1S/C27H23BrF2N2O4S/c1-37(34,35)32(14-16-4-9-22(30)21(28)10-16)23-13-24-20(12-19(23)17-5-6-17)26(27(31)33)25(36-24)11-15-2-7-18(29)8-3-15/h2-4,7-10,12-13,17H,5-6,11,14H2,1H3,(H2,31,33). The van der Waals surface area contributed by atoms with Crippen LogP contribution >= 0.6 is 15.9 Å². The Labute approximate surface area is 221 Å². The molecule has 3 aromatic carbocycles. The summed E-state index contributed by atoms with van der Waals surface area (Å²) in [4.78, 5) is 12.5. The average Bonchev–Trinajstić information content (AvgIpc) is 3.61. The van der Waals surface area contributed by atoms with Gasteiger partial charge in [-0.1, -0.05) is 18.2 Å². The van der Waals surface area contributed by atoms with E-state index in [2.05, 4.69) is 15.9 Å². The van der Waals surface area contributed by atoms with E-state index in [4.69, 9.17) is 10.2 Å². The van der Waals surface area contributed by atoms with Crippen molar-refractivity contribution in [1.29, 1.82) is 0 Å². The van der Waals surface area contributed by atoms with E-state index in [-0.39, 0.29) is 34.7 Å². The highest BCUT2D eigenvalue weighted by Gasteiger charge is 2.33. The van der Waals surface area contributed by atoms with Crippen molar-refractivity contribution in [2.45, 2.75) is 31.7 Å². The first-order valence-electron chi connectivity index (χ1n) is 11.6. The van der Waals surface area contributed by atoms with Crippen molar-refractivity contribution < 1.29 is 26.4 Å². The van der Waals surface area contributed by atoms with Crippen molar-refractivity contribution in [3.63, 3.8) is 0 Å². The van der Waals surface area contributed by atoms with Gasteiger partial charge in [-0.15, -0.1) is 0 Å². The zero-order valence-corrected chi connectivity index (χ0v) is 22.2. The lowest BCUT2D eigenvalue weighted by molar-refractivity contribution is 0.1000. The number of nitrogens with zero attached hydrogens (tertiary/aromatic N) is 1. The molecule has 0 unspecified atom stereocenters. The van der Waals surface area contributed by atoms with E-state index in [1.165, 1.54) is 28.6 Å². The first kappa shape index (κ1) is 25.4. The monoisotopic (exact) mass is 588 g/mol. The van der Waals surface area contributed by atoms with Crippen LogP contribution in [0.4, 0.5) is 14.5 Å². The lowest BCUT2D eigenvalue weighted by Crippen LogP contribution is -2.30. The summed E-state index contributed by atoms with van der Waals surface area (Å²) in [5.74, 6) is -1.04. The summed E-state index contributed by atoms with van der Waals surface area (Å²) >= 11 is 3.16. The highest BCUT2D eigenvalue weighted by atomic mass is 79.9. The molecule has 1 amide bonds. The molecule has 0 bridgehead atoms. The highest BCUT2D eigenvalue weighted by molar-refractivity contribution is 9.10. The third-order valence-electron chi connectivity index (χ3n) is 6.43. The first-order chi connectivity index (χ1) is 17.5. The topological polar surface area (TPSA) is 93.6 Å². The summed E-state index contributed by atoms with van der Waals surface area (Å²) in [6.07, 6.45) is 3.08. The number of furan rings is 1. The van der Waals surface area contributed by atoms with Crippen LogP contribution in [0.2, 0.25) is 0 Å². The summed E-state index contributed by atoms with van der Waals surface area (Å²) in [6, 6.07) is 13.6. The van der Waals surface area contributed by atoms with Gasteiger partial charge in [-0.25, -0.2) is 17.2 Å². The normalized spacial score (nSPS) is 13.7. The molecule has 1 aliphatic rings. The van der Waals surface area contributed by atoms with Gasteiger partial charge in [-0.05, 0) is 81.7 Å². The van der Waals surface area contributed by atoms with Gasteiger partial charge in [-0.2, -0.15) is 0 Å². The number of fused-ring (bicyclic) bond motifs is 1. The quantitative estimate of drug-likeness (QED) is 0.273. The summed E-state index contributed by atoms with van der Waals surface area (Å²) in [7, 11) is -3.75. The molecule has 192 valence electrons. The van der Waals surface area contributed by atoms with Gasteiger partial charge in [-0.3, -0.25) is 9.10 Å². The molecule has 10 heteroatoms. The number of rotatable bonds is 8. The predicted octanol–water partition coefficient (Wildman–Crippen LogP) is 6.01. The lowest BCUT2D eigenvalue weighted by Gasteiger charge is -2.25. The number of amides is 1. The Bertz CT molecular complexity index is 1630. The second-order valence-corrected chi connectivity index (χ2v) is 12.0. The van der Waals surface area contributed by atoms with Crippen LogP contribution in [0.15, 0.2) is 63.5 Å². The number of hydrogen-bond acceptors (Lipinski definition) is 4. The molecule has 0 aliphatic heterocycles. The molecular formula is C27H23BrF2N2O4S. The van der Waals surface area contributed by atoms with Gasteiger partial charge in [0, 0.05) is 17.9 Å². The van der Waals surface area contributed by atoms with E-state index in [0.29, 0.717) is 28.0 Å². The minimum Gasteiger partial charge on any atom is -0.460 e.